The highest BCUT2D eigenvalue weighted by molar-refractivity contribution is 5.27. The lowest BCUT2D eigenvalue weighted by atomic mass is 10.1. The summed E-state index contributed by atoms with van der Waals surface area (Å²) in [6, 6.07) is 9.16. The molecule has 0 radical (unpaired) electrons. The molecule has 1 atom stereocenters. The zero-order valence-electron chi connectivity index (χ0n) is 10.5. The van der Waals surface area contributed by atoms with Gasteiger partial charge in [-0.2, -0.15) is 0 Å². The van der Waals surface area contributed by atoms with E-state index in [0.29, 0.717) is 0 Å². The molecule has 0 amide bonds. The van der Waals surface area contributed by atoms with Crippen LogP contribution in [0.2, 0.25) is 0 Å². The summed E-state index contributed by atoms with van der Waals surface area (Å²) in [6.45, 7) is 6.68. The zero-order valence-corrected chi connectivity index (χ0v) is 10.5. The van der Waals surface area contributed by atoms with Crippen LogP contribution in [0.15, 0.2) is 24.3 Å². The van der Waals surface area contributed by atoms with Crippen molar-refractivity contribution in [2.75, 3.05) is 6.54 Å². The molecule has 1 aliphatic carbocycles. The third-order valence-electron chi connectivity index (χ3n) is 3.55. The Hall–Kier alpha value is -0.820. The Balaban J connectivity index is 1.76. The van der Waals surface area contributed by atoms with Gasteiger partial charge in [0.15, 0.2) is 0 Å². The molecule has 1 unspecified atom stereocenters. The van der Waals surface area contributed by atoms with Crippen molar-refractivity contribution in [3.63, 3.8) is 0 Å². The monoisotopic (exact) mass is 217 g/mol. The van der Waals surface area contributed by atoms with E-state index in [1.165, 1.54) is 30.4 Å². The van der Waals surface area contributed by atoms with Gasteiger partial charge in [-0.1, -0.05) is 44.5 Å². The molecule has 1 fully saturated rings. The summed E-state index contributed by atoms with van der Waals surface area (Å²) >= 11 is 0. The van der Waals surface area contributed by atoms with E-state index in [4.69, 9.17) is 0 Å². The SMILES string of the molecule is CCC(C)CNCc1ccc(C2CC2)cc1. The van der Waals surface area contributed by atoms with E-state index in [0.717, 1.165) is 24.9 Å². The van der Waals surface area contributed by atoms with Crippen molar-refractivity contribution in [3.05, 3.63) is 35.4 Å². The molecule has 0 saturated heterocycles. The lowest BCUT2D eigenvalue weighted by Crippen LogP contribution is -2.20. The Morgan fingerprint density at radius 2 is 1.94 bits per heavy atom. The van der Waals surface area contributed by atoms with E-state index in [2.05, 4.69) is 43.4 Å². The molecule has 16 heavy (non-hydrogen) atoms. The second-order valence-corrected chi connectivity index (χ2v) is 5.16. The predicted octanol–water partition coefficient (Wildman–Crippen LogP) is 3.70. The molecule has 0 spiro atoms. The fourth-order valence-electron chi connectivity index (χ4n) is 1.93. The van der Waals surface area contributed by atoms with Gasteiger partial charge in [-0.05, 0) is 42.3 Å². The van der Waals surface area contributed by atoms with Gasteiger partial charge >= 0.3 is 0 Å². The molecule has 0 bridgehead atoms. The number of hydrogen-bond acceptors (Lipinski definition) is 1. The van der Waals surface area contributed by atoms with Crippen LogP contribution in [-0.4, -0.2) is 6.54 Å². The van der Waals surface area contributed by atoms with Crippen LogP contribution < -0.4 is 5.32 Å². The smallest absolute Gasteiger partial charge is 0.0205 e. The first-order valence-corrected chi connectivity index (χ1v) is 6.59. The second-order valence-electron chi connectivity index (χ2n) is 5.16. The molecule has 88 valence electrons. The number of rotatable bonds is 6. The maximum Gasteiger partial charge on any atom is 0.0205 e. The predicted molar refractivity (Wildman–Crippen MR) is 69.6 cm³/mol. The van der Waals surface area contributed by atoms with Gasteiger partial charge in [-0.3, -0.25) is 0 Å². The van der Waals surface area contributed by atoms with Gasteiger partial charge in [0.2, 0.25) is 0 Å². The molecule has 1 aliphatic rings. The Bertz CT molecular complexity index is 311. The fourth-order valence-corrected chi connectivity index (χ4v) is 1.93. The molecule has 1 aromatic rings. The molecule has 1 nitrogen and oxygen atoms in total. The summed E-state index contributed by atoms with van der Waals surface area (Å²) in [5.74, 6) is 1.66. The van der Waals surface area contributed by atoms with Gasteiger partial charge in [0.1, 0.15) is 0 Å². The lowest BCUT2D eigenvalue weighted by Gasteiger charge is -2.10. The Morgan fingerprint density at radius 1 is 1.25 bits per heavy atom. The van der Waals surface area contributed by atoms with Gasteiger partial charge in [0.05, 0.1) is 0 Å². The minimum Gasteiger partial charge on any atom is -0.312 e. The third-order valence-corrected chi connectivity index (χ3v) is 3.55. The number of benzene rings is 1. The average Bonchev–Trinajstić information content (AvgIpc) is 3.14. The van der Waals surface area contributed by atoms with Gasteiger partial charge in [-0.15, -0.1) is 0 Å². The average molecular weight is 217 g/mol. The molecule has 0 heterocycles. The van der Waals surface area contributed by atoms with Crippen LogP contribution in [-0.2, 0) is 6.54 Å². The maximum atomic E-state index is 3.52. The molecular weight excluding hydrogens is 194 g/mol. The van der Waals surface area contributed by atoms with Crippen LogP contribution in [0.25, 0.3) is 0 Å². The Labute approximate surface area is 99.3 Å². The molecule has 2 rings (SSSR count). The molecule has 1 aromatic carbocycles. The lowest BCUT2D eigenvalue weighted by molar-refractivity contribution is 0.500. The molecule has 1 N–H and O–H groups in total. The van der Waals surface area contributed by atoms with E-state index < -0.39 is 0 Å². The zero-order chi connectivity index (χ0) is 11.4. The van der Waals surface area contributed by atoms with Crippen molar-refractivity contribution >= 4 is 0 Å². The number of hydrogen-bond donors (Lipinski definition) is 1. The topological polar surface area (TPSA) is 12.0 Å². The van der Waals surface area contributed by atoms with Crippen LogP contribution in [0.1, 0.15) is 50.2 Å². The Morgan fingerprint density at radius 3 is 2.50 bits per heavy atom. The van der Waals surface area contributed by atoms with E-state index in [1.54, 1.807) is 0 Å². The Kier molecular flexibility index (Phi) is 4.00. The highest BCUT2D eigenvalue weighted by atomic mass is 14.8. The van der Waals surface area contributed by atoms with E-state index >= 15 is 0 Å². The van der Waals surface area contributed by atoms with Crippen molar-refractivity contribution < 1.29 is 0 Å². The molecule has 0 aliphatic heterocycles. The van der Waals surface area contributed by atoms with E-state index in [9.17, 15) is 0 Å². The number of nitrogens with one attached hydrogen (secondary N) is 1. The summed E-state index contributed by atoms with van der Waals surface area (Å²) < 4.78 is 0. The van der Waals surface area contributed by atoms with Crippen molar-refractivity contribution in [1.29, 1.82) is 0 Å². The van der Waals surface area contributed by atoms with Gasteiger partial charge in [0.25, 0.3) is 0 Å². The molecule has 1 heteroatoms. The highest BCUT2D eigenvalue weighted by Crippen LogP contribution is 2.39. The first kappa shape index (κ1) is 11.7. The van der Waals surface area contributed by atoms with Crippen LogP contribution in [0.4, 0.5) is 0 Å². The van der Waals surface area contributed by atoms with Gasteiger partial charge < -0.3 is 5.32 Å². The summed E-state index contributed by atoms with van der Waals surface area (Å²) in [7, 11) is 0. The summed E-state index contributed by atoms with van der Waals surface area (Å²) in [4.78, 5) is 0. The molecule has 0 aromatic heterocycles. The van der Waals surface area contributed by atoms with Gasteiger partial charge in [-0.25, -0.2) is 0 Å². The van der Waals surface area contributed by atoms with Gasteiger partial charge in [0, 0.05) is 6.54 Å². The fraction of sp³-hybridized carbons (Fsp3) is 0.600. The minimum absolute atomic E-state index is 0.783. The van der Waals surface area contributed by atoms with Crippen molar-refractivity contribution in [3.8, 4) is 0 Å². The molecular formula is C15H23N. The van der Waals surface area contributed by atoms with Crippen molar-refractivity contribution in [2.24, 2.45) is 5.92 Å². The maximum absolute atomic E-state index is 3.52. The summed E-state index contributed by atoms with van der Waals surface area (Å²) in [5, 5.41) is 3.52. The van der Waals surface area contributed by atoms with Crippen molar-refractivity contribution in [1.82, 2.24) is 5.32 Å². The third kappa shape index (κ3) is 3.34. The largest absolute Gasteiger partial charge is 0.312 e. The van der Waals surface area contributed by atoms with Crippen LogP contribution in [0.3, 0.4) is 0 Å². The summed E-state index contributed by atoms with van der Waals surface area (Å²) in [6.07, 6.45) is 4.05. The van der Waals surface area contributed by atoms with Crippen LogP contribution in [0.5, 0.6) is 0 Å². The molecule has 1 saturated carbocycles. The summed E-state index contributed by atoms with van der Waals surface area (Å²) in [5.41, 5.74) is 2.94. The normalized spacial score (nSPS) is 17.4. The quantitative estimate of drug-likeness (QED) is 0.766. The first-order valence-electron chi connectivity index (χ1n) is 6.59. The highest BCUT2D eigenvalue weighted by Gasteiger charge is 2.22. The second kappa shape index (κ2) is 5.49. The van der Waals surface area contributed by atoms with Crippen molar-refractivity contribution in [2.45, 2.75) is 45.6 Å². The van der Waals surface area contributed by atoms with E-state index in [-0.39, 0.29) is 0 Å². The standard InChI is InChI=1S/C15H23N/c1-3-12(2)10-16-11-13-4-6-14(7-5-13)15-8-9-15/h4-7,12,15-16H,3,8-11H2,1-2H3. The first-order chi connectivity index (χ1) is 7.79. The van der Waals surface area contributed by atoms with E-state index in [1.807, 2.05) is 0 Å². The minimum atomic E-state index is 0.783. The van der Waals surface area contributed by atoms with Crippen LogP contribution >= 0.6 is 0 Å². The van der Waals surface area contributed by atoms with Crippen LogP contribution in [0, 0.1) is 5.92 Å².